The zero-order valence-corrected chi connectivity index (χ0v) is 4.78. The van der Waals surface area contributed by atoms with Crippen LogP contribution in [0.1, 0.15) is 0 Å². The monoisotopic (exact) mass is 104 g/mol. The first-order chi connectivity index (χ1) is 3.85. The topological polar surface area (TPSA) is 0 Å². The first-order valence-corrected chi connectivity index (χ1v) is 2.25. The molecule has 0 rings (SSSR count). The molecule has 0 aromatic carbocycles. The Morgan fingerprint density at radius 3 is 1.88 bits per heavy atom. The van der Waals surface area contributed by atoms with Crippen molar-refractivity contribution in [3.63, 3.8) is 0 Å². The SMILES string of the molecule is C=C=C=C(C=C)C=C. The van der Waals surface area contributed by atoms with E-state index in [0.717, 1.165) is 5.57 Å². The quantitative estimate of drug-likeness (QED) is 0.372. The van der Waals surface area contributed by atoms with Gasteiger partial charge in [-0.15, -0.1) is 0 Å². The van der Waals surface area contributed by atoms with E-state index in [1.165, 1.54) is 0 Å². The summed E-state index contributed by atoms with van der Waals surface area (Å²) in [5, 5.41) is 0. The molecule has 0 aromatic rings. The van der Waals surface area contributed by atoms with Gasteiger partial charge in [-0.3, -0.25) is 0 Å². The highest BCUT2D eigenvalue weighted by molar-refractivity contribution is 5.25. The predicted molar refractivity (Wildman–Crippen MR) is 36.6 cm³/mol. The van der Waals surface area contributed by atoms with Crippen molar-refractivity contribution in [3.05, 3.63) is 48.9 Å². The third-order valence-electron chi connectivity index (χ3n) is 0.673. The average molecular weight is 104 g/mol. The van der Waals surface area contributed by atoms with Gasteiger partial charge in [0.15, 0.2) is 0 Å². The van der Waals surface area contributed by atoms with Crippen molar-refractivity contribution in [3.8, 4) is 0 Å². The zero-order valence-electron chi connectivity index (χ0n) is 4.78. The van der Waals surface area contributed by atoms with Gasteiger partial charge in [0.25, 0.3) is 0 Å². The number of allylic oxidation sites excluding steroid dienone is 3. The van der Waals surface area contributed by atoms with Crippen LogP contribution in [0.5, 0.6) is 0 Å². The van der Waals surface area contributed by atoms with E-state index < -0.39 is 0 Å². The number of hydrogen-bond acceptors (Lipinski definition) is 0. The third-order valence-corrected chi connectivity index (χ3v) is 0.673. The Morgan fingerprint density at radius 2 is 1.75 bits per heavy atom. The average Bonchev–Trinajstić information content (AvgIpc) is 1.83. The van der Waals surface area contributed by atoms with Gasteiger partial charge in [0, 0.05) is 5.57 Å². The van der Waals surface area contributed by atoms with Crippen LogP contribution in [0.25, 0.3) is 0 Å². The molecule has 0 heteroatoms. The van der Waals surface area contributed by atoms with Gasteiger partial charge in [-0.1, -0.05) is 36.8 Å². The van der Waals surface area contributed by atoms with Crippen LogP contribution in [-0.2, 0) is 0 Å². The van der Waals surface area contributed by atoms with E-state index in [2.05, 4.69) is 31.2 Å². The molecule has 0 saturated carbocycles. The summed E-state index contributed by atoms with van der Waals surface area (Å²) in [5.74, 6) is 0. The van der Waals surface area contributed by atoms with Crippen LogP contribution in [-0.4, -0.2) is 0 Å². The summed E-state index contributed by atoms with van der Waals surface area (Å²) in [6, 6.07) is 0. The molecule has 0 saturated heterocycles. The predicted octanol–water partition coefficient (Wildman–Crippen LogP) is 2.22. The van der Waals surface area contributed by atoms with Gasteiger partial charge in [-0.05, 0) is 6.58 Å². The van der Waals surface area contributed by atoms with Gasteiger partial charge in [-0.25, -0.2) is 0 Å². The second kappa shape index (κ2) is 3.95. The molecule has 8 heavy (non-hydrogen) atoms. The van der Waals surface area contributed by atoms with Crippen LogP contribution in [0.4, 0.5) is 0 Å². The summed E-state index contributed by atoms with van der Waals surface area (Å²) < 4.78 is 0. The molecule has 0 nitrogen and oxygen atoms in total. The van der Waals surface area contributed by atoms with Crippen molar-refractivity contribution in [2.75, 3.05) is 0 Å². The molecule has 0 aliphatic rings. The lowest BCUT2D eigenvalue weighted by molar-refractivity contribution is 1.78. The van der Waals surface area contributed by atoms with Crippen LogP contribution in [0.3, 0.4) is 0 Å². The summed E-state index contributed by atoms with van der Waals surface area (Å²) in [4.78, 5) is 0. The Balaban J connectivity index is 4.56. The van der Waals surface area contributed by atoms with Crippen LogP contribution >= 0.6 is 0 Å². The fourth-order valence-electron chi connectivity index (χ4n) is 0.287. The smallest absolute Gasteiger partial charge is 0.0236 e. The summed E-state index contributed by atoms with van der Waals surface area (Å²) >= 11 is 0. The molecule has 0 unspecified atom stereocenters. The summed E-state index contributed by atoms with van der Waals surface area (Å²) in [7, 11) is 0. The number of rotatable bonds is 2. The van der Waals surface area contributed by atoms with Gasteiger partial charge in [0.1, 0.15) is 0 Å². The lowest BCUT2D eigenvalue weighted by Gasteiger charge is -1.76. The Hall–Kier alpha value is -1.22. The molecule has 0 aliphatic carbocycles. The first-order valence-electron chi connectivity index (χ1n) is 2.25. The second-order valence-corrected chi connectivity index (χ2v) is 1.17. The van der Waals surface area contributed by atoms with Gasteiger partial charge in [-0.2, -0.15) is 0 Å². The molecule has 0 amide bonds. The van der Waals surface area contributed by atoms with Gasteiger partial charge in [0.05, 0.1) is 0 Å². The summed E-state index contributed by atoms with van der Waals surface area (Å²) in [5.41, 5.74) is 6.01. The van der Waals surface area contributed by atoms with E-state index in [-0.39, 0.29) is 0 Å². The van der Waals surface area contributed by atoms with Crippen molar-refractivity contribution < 1.29 is 0 Å². The highest BCUT2D eigenvalue weighted by Crippen LogP contribution is 1.90. The molecule has 0 bridgehead atoms. The molecule has 0 aromatic heterocycles. The molecule has 0 heterocycles. The fourth-order valence-corrected chi connectivity index (χ4v) is 0.287. The van der Waals surface area contributed by atoms with E-state index in [1.807, 2.05) is 0 Å². The van der Waals surface area contributed by atoms with Crippen molar-refractivity contribution in [2.24, 2.45) is 0 Å². The zero-order chi connectivity index (χ0) is 6.41. The molecule has 0 atom stereocenters. The molecule has 40 valence electrons. The standard InChI is InChI=1S/C8H8/c1-4-7-8(5-2)6-3/h5-6H,1-3H2. The lowest BCUT2D eigenvalue weighted by atomic mass is 10.3. The van der Waals surface area contributed by atoms with Crippen LogP contribution in [0, 0.1) is 0 Å². The maximum absolute atomic E-state index is 3.51. The van der Waals surface area contributed by atoms with Crippen LogP contribution < -0.4 is 0 Å². The maximum Gasteiger partial charge on any atom is 0.0236 e. The highest BCUT2D eigenvalue weighted by Gasteiger charge is 1.72. The van der Waals surface area contributed by atoms with Crippen molar-refractivity contribution in [1.82, 2.24) is 0 Å². The van der Waals surface area contributed by atoms with E-state index in [9.17, 15) is 0 Å². The van der Waals surface area contributed by atoms with Crippen molar-refractivity contribution in [1.29, 1.82) is 0 Å². The lowest BCUT2D eigenvalue weighted by Crippen LogP contribution is -1.58. The fraction of sp³-hybridized carbons (Fsp3) is 0. The highest BCUT2D eigenvalue weighted by atomic mass is 13.8. The van der Waals surface area contributed by atoms with Gasteiger partial charge >= 0.3 is 0 Å². The molecule has 0 radical (unpaired) electrons. The van der Waals surface area contributed by atoms with Gasteiger partial charge < -0.3 is 0 Å². The Labute approximate surface area is 49.8 Å². The number of hydrogen-bond donors (Lipinski definition) is 0. The minimum Gasteiger partial charge on any atom is -0.0978 e. The second-order valence-electron chi connectivity index (χ2n) is 1.17. The van der Waals surface area contributed by atoms with E-state index in [4.69, 9.17) is 0 Å². The van der Waals surface area contributed by atoms with E-state index in [1.54, 1.807) is 12.2 Å². The first kappa shape index (κ1) is 6.78. The van der Waals surface area contributed by atoms with E-state index in [0.29, 0.717) is 0 Å². The maximum atomic E-state index is 3.51. The third kappa shape index (κ3) is 2.04. The molecular weight excluding hydrogens is 96.1 g/mol. The van der Waals surface area contributed by atoms with Crippen molar-refractivity contribution in [2.45, 2.75) is 0 Å². The van der Waals surface area contributed by atoms with E-state index >= 15 is 0 Å². The molecule has 0 spiro atoms. The largest absolute Gasteiger partial charge is 0.0978 e. The normalized spacial score (nSPS) is 6.00. The summed E-state index contributed by atoms with van der Waals surface area (Å²) in [6.45, 7) is 10.4. The Bertz CT molecular complexity index is 162. The molecular formula is C8H8. The van der Waals surface area contributed by atoms with Gasteiger partial charge in [0.2, 0.25) is 0 Å². The minimum atomic E-state index is 0.819. The van der Waals surface area contributed by atoms with Crippen LogP contribution in [0.2, 0.25) is 0 Å². The Morgan fingerprint density at radius 1 is 1.25 bits per heavy atom. The molecule has 0 fully saturated rings. The molecule has 0 aliphatic heterocycles. The Kier molecular flexibility index (Phi) is 3.35. The van der Waals surface area contributed by atoms with Crippen LogP contribution in [0.15, 0.2) is 48.9 Å². The van der Waals surface area contributed by atoms with Crippen molar-refractivity contribution >= 4 is 0 Å². The minimum absolute atomic E-state index is 0.819. The summed E-state index contributed by atoms with van der Waals surface area (Å²) in [6.07, 6.45) is 3.29. The molecule has 0 N–H and O–H groups in total.